The van der Waals surface area contributed by atoms with Gasteiger partial charge in [-0.25, -0.2) is 4.39 Å². The van der Waals surface area contributed by atoms with Crippen LogP contribution in [0.2, 0.25) is 5.02 Å². The largest absolute Gasteiger partial charge is 0.497 e. The van der Waals surface area contributed by atoms with Crippen molar-refractivity contribution in [2.24, 2.45) is 0 Å². The van der Waals surface area contributed by atoms with E-state index in [1.165, 1.54) is 12.1 Å². The van der Waals surface area contributed by atoms with Crippen molar-refractivity contribution >= 4 is 17.3 Å². The lowest BCUT2D eigenvalue weighted by atomic mass is 10.2. The Bertz CT molecular complexity index is 947. The first-order valence-corrected chi connectivity index (χ1v) is 9.67. The molecule has 0 bridgehead atoms. The minimum atomic E-state index is -0.304. The average Bonchev–Trinajstić information content (AvgIpc) is 2.72. The van der Waals surface area contributed by atoms with Crippen LogP contribution in [0.3, 0.4) is 0 Å². The Balaban J connectivity index is 1.72. The molecule has 0 radical (unpaired) electrons. The summed E-state index contributed by atoms with van der Waals surface area (Å²) in [5, 5.41) is 3.78. The molecule has 0 aliphatic carbocycles. The molecule has 0 aliphatic rings. The van der Waals surface area contributed by atoms with Crippen LogP contribution in [0.15, 0.2) is 60.7 Å². The first kappa shape index (κ1) is 20.8. The zero-order chi connectivity index (χ0) is 20.6. The smallest absolute Gasteiger partial charge is 0.180 e. The fourth-order valence-corrected chi connectivity index (χ4v) is 3.11. The van der Waals surface area contributed by atoms with Gasteiger partial charge in [0.25, 0.3) is 0 Å². The molecule has 4 nitrogen and oxygen atoms in total. The number of hydrogen-bond acceptors (Lipinski definition) is 4. The molecular formula is C23H23ClFNO3. The Hall–Kier alpha value is -2.92. The molecule has 3 rings (SSSR count). The van der Waals surface area contributed by atoms with E-state index in [1.807, 2.05) is 43.3 Å². The molecule has 6 heteroatoms. The van der Waals surface area contributed by atoms with E-state index in [2.05, 4.69) is 5.32 Å². The Kier molecular flexibility index (Phi) is 7.19. The third-order valence-electron chi connectivity index (χ3n) is 4.23. The number of hydrogen-bond donors (Lipinski definition) is 1. The molecule has 0 unspecified atom stereocenters. The molecule has 0 fully saturated rings. The fraction of sp³-hybridized carbons (Fsp3) is 0.217. The van der Waals surface area contributed by atoms with E-state index in [4.69, 9.17) is 25.8 Å². The Morgan fingerprint density at radius 3 is 2.45 bits per heavy atom. The molecule has 1 N–H and O–H groups in total. The number of ether oxygens (including phenoxy) is 3. The van der Waals surface area contributed by atoms with E-state index in [-0.39, 0.29) is 12.4 Å². The van der Waals surface area contributed by atoms with Gasteiger partial charge in [-0.2, -0.15) is 0 Å². The van der Waals surface area contributed by atoms with Crippen molar-refractivity contribution in [1.29, 1.82) is 0 Å². The maximum Gasteiger partial charge on any atom is 0.180 e. The van der Waals surface area contributed by atoms with Gasteiger partial charge in [0.05, 0.1) is 18.7 Å². The SMILES string of the molecule is CCOc1cc(CNc2ccc(OC)cc2)cc(Cl)c1OCc1cccc(F)c1. The topological polar surface area (TPSA) is 39.7 Å². The molecule has 0 saturated carbocycles. The minimum Gasteiger partial charge on any atom is -0.497 e. The summed E-state index contributed by atoms with van der Waals surface area (Å²) in [7, 11) is 1.64. The van der Waals surface area contributed by atoms with Gasteiger partial charge in [-0.15, -0.1) is 0 Å². The number of nitrogens with one attached hydrogen (secondary N) is 1. The highest BCUT2D eigenvalue weighted by Crippen LogP contribution is 2.37. The maximum absolute atomic E-state index is 13.4. The molecule has 0 atom stereocenters. The van der Waals surface area contributed by atoms with Crippen molar-refractivity contribution in [1.82, 2.24) is 0 Å². The molecule has 0 saturated heterocycles. The van der Waals surface area contributed by atoms with Crippen LogP contribution >= 0.6 is 11.6 Å². The molecule has 0 spiro atoms. The van der Waals surface area contributed by atoms with Crippen LogP contribution in [-0.2, 0) is 13.2 Å². The maximum atomic E-state index is 13.4. The molecule has 0 heterocycles. The highest BCUT2D eigenvalue weighted by molar-refractivity contribution is 6.32. The first-order valence-electron chi connectivity index (χ1n) is 9.29. The number of anilines is 1. The Morgan fingerprint density at radius 1 is 0.966 bits per heavy atom. The number of rotatable bonds is 9. The van der Waals surface area contributed by atoms with E-state index in [9.17, 15) is 4.39 Å². The molecule has 0 amide bonds. The first-order chi connectivity index (χ1) is 14.1. The number of benzene rings is 3. The van der Waals surface area contributed by atoms with Crippen molar-refractivity contribution in [3.05, 3.63) is 82.6 Å². The molecular weight excluding hydrogens is 393 g/mol. The molecule has 3 aromatic rings. The van der Waals surface area contributed by atoms with E-state index in [0.717, 1.165) is 17.0 Å². The van der Waals surface area contributed by atoms with Crippen LogP contribution in [0.25, 0.3) is 0 Å². The summed E-state index contributed by atoms with van der Waals surface area (Å²) < 4.78 is 30.1. The van der Waals surface area contributed by atoms with Crippen molar-refractivity contribution in [3.63, 3.8) is 0 Å². The summed E-state index contributed by atoms with van der Waals surface area (Å²) in [6, 6.07) is 17.7. The van der Waals surface area contributed by atoms with Crippen LogP contribution < -0.4 is 19.5 Å². The Labute approximate surface area is 175 Å². The lowest BCUT2D eigenvalue weighted by Gasteiger charge is -2.16. The summed E-state index contributed by atoms with van der Waals surface area (Å²) in [6.07, 6.45) is 0. The zero-order valence-corrected chi connectivity index (χ0v) is 17.1. The Morgan fingerprint density at radius 2 is 1.76 bits per heavy atom. The van der Waals surface area contributed by atoms with Gasteiger partial charge in [-0.3, -0.25) is 0 Å². The summed E-state index contributed by atoms with van der Waals surface area (Å²) in [6.45, 7) is 3.13. The number of methoxy groups -OCH3 is 1. The molecule has 0 aromatic heterocycles. The molecule has 3 aromatic carbocycles. The lowest BCUT2D eigenvalue weighted by molar-refractivity contribution is 0.269. The molecule has 29 heavy (non-hydrogen) atoms. The lowest BCUT2D eigenvalue weighted by Crippen LogP contribution is -2.04. The standard InChI is InChI=1S/C23H23ClFNO3/c1-3-28-22-13-17(14-26-19-7-9-20(27-2)10-8-19)12-21(24)23(22)29-15-16-5-4-6-18(25)11-16/h4-13,26H,3,14-15H2,1-2H3. The van der Waals surface area contributed by atoms with E-state index in [1.54, 1.807) is 19.2 Å². The normalized spacial score (nSPS) is 10.5. The quantitative estimate of drug-likeness (QED) is 0.460. The van der Waals surface area contributed by atoms with Gasteiger partial charge < -0.3 is 19.5 Å². The van der Waals surface area contributed by atoms with Crippen molar-refractivity contribution in [2.75, 3.05) is 19.0 Å². The second kappa shape index (κ2) is 10.0. The predicted molar refractivity (Wildman–Crippen MR) is 114 cm³/mol. The van der Waals surface area contributed by atoms with E-state index < -0.39 is 0 Å². The van der Waals surface area contributed by atoms with Crippen LogP contribution in [0, 0.1) is 5.82 Å². The summed E-state index contributed by atoms with van der Waals surface area (Å²) in [5.41, 5.74) is 2.63. The monoisotopic (exact) mass is 415 g/mol. The highest BCUT2D eigenvalue weighted by atomic mass is 35.5. The van der Waals surface area contributed by atoms with Crippen LogP contribution in [0.4, 0.5) is 10.1 Å². The van der Waals surface area contributed by atoms with Crippen molar-refractivity contribution in [2.45, 2.75) is 20.1 Å². The summed E-state index contributed by atoms with van der Waals surface area (Å²) in [4.78, 5) is 0. The second-order valence-corrected chi connectivity index (χ2v) is 6.75. The number of halogens is 2. The van der Waals surface area contributed by atoms with Crippen LogP contribution in [-0.4, -0.2) is 13.7 Å². The van der Waals surface area contributed by atoms with Gasteiger partial charge in [0.1, 0.15) is 18.2 Å². The summed E-state index contributed by atoms with van der Waals surface area (Å²) >= 11 is 6.47. The summed E-state index contributed by atoms with van der Waals surface area (Å²) in [5.74, 6) is 1.51. The average molecular weight is 416 g/mol. The van der Waals surface area contributed by atoms with Gasteiger partial charge >= 0.3 is 0 Å². The zero-order valence-electron chi connectivity index (χ0n) is 16.4. The molecule has 152 valence electrons. The fourth-order valence-electron chi connectivity index (χ4n) is 2.82. The van der Waals surface area contributed by atoms with Crippen molar-refractivity contribution in [3.8, 4) is 17.2 Å². The van der Waals surface area contributed by atoms with Crippen molar-refractivity contribution < 1.29 is 18.6 Å². The van der Waals surface area contributed by atoms with Gasteiger partial charge in [0.2, 0.25) is 0 Å². The van der Waals surface area contributed by atoms with Gasteiger partial charge in [-0.1, -0.05) is 23.7 Å². The van der Waals surface area contributed by atoms with Crippen LogP contribution in [0.1, 0.15) is 18.1 Å². The van der Waals surface area contributed by atoms with Crippen LogP contribution in [0.5, 0.6) is 17.2 Å². The second-order valence-electron chi connectivity index (χ2n) is 6.34. The third kappa shape index (κ3) is 5.78. The minimum absolute atomic E-state index is 0.195. The van der Waals surface area contributed by atoms with E-state index in [0.29, 0.717) is 35.2 Å². The molecule has 0 aliphatic heterocycles. The third-order valence-corrected chi connectivity index (χ3v) is 4.51. The van der Waals surface area contributed by atoms with Gasteiger partial charge in [0, 0.05) is 12.2 Å². The van der Waals surface area contributed by atoms with Gasteiger partial charge in [0.15, 0.2) is 11.5 Å². The highest BCUT2D eigenvalue weighted by Gasteiger charge is 2.13. The van der Waals surface area contributed by atoms with Gasteiger partial charge in [-0.05, 0) is 66.6 Å². The van der Waals surface area contributed by atoms with E-state index >= 15 is 0 Å². The predicted octanol–water partition coefficient (Wildman–Crippen LogP) is 6.08.